The number of hydrogen-bond donors (Lipinski definition) is 1. The summed E-state index contributed by atoms with van der Waals surface area (Å²) in [6.45, 7) is 10.4. The number of aryl methyl sites for hydroxylation is 1. The smallest absolute Gasteiger partial charge is 0.215 e. The van der Waals surface area contributed by atoms with Gasteiger partial charge in [-0.1, -0.05) is 26.0 Å². The molecule has 1 N–H and O–H groups in total. The highest BCUT2D eigenvalue weighted by Gasteiger charge is 2.17. The minimum atomic E-state index is 0.0110. The lowest BCUT2D eigenvalue weighted by atomic mass is 10.3. The lowest BCUT2D eigenvalue weighted by Crippen LogP contribution is -2.27. The highest BCUT2D eigenvalue weighted by Crippen LogP contribution is 2.24. The molecule has 0 aliphatic rings. The summed E-state index contributed by atoms with van der Waals surface area (Å²) in [6.07, 6.45) is 0. The first kappa shape index (κ1) is 15.1. The topological polar surface area (TPSA) is 45.7 Å². The van der Waals surface area contributed by atoms with Crippen molar-refractivity contribution in [3.05, 3.63) is 35.7 Å². The summed E-state index contributed by atoms with van der Waals surface area (Å²) in [4.78, 5) is 7.11. The van der Waals surface area contributed by atoms with Crippen molar-refractivity contribution in [3.63, 3.8) is 0 Å². The van der Waals surface area contributed by atoms with Gasteiger partial charge in [-0.15, -0.1) is 0 Å². The van der Waals surface area contributed by atoms with Gasteiger partial charge < -0.3 is 14.6 Å². The molecule has 0 bridgehead atoms. The van der Waals surface area contributed by atoms with Gasteiger partial charge in [-0.05, 0) is 32.1 Å². The summed E-state index contributed by atoms with van der Waals surface area (Å²) in [5.41, 5.74) is 4.07. The first-order valence-electron chi connectivity index (χ1n) is 7.99. The Balaban J connectivity index is 2.14. The van der Waals surface area contributed by atoms with E-state index in [-0.39, 0.29) is 6.61 Å². The SMILES string of the molecule is CCN(CC)CCn1c2ccccc2n2c(CO)c(C)nc12. The molecule has 0 unspecified atom stereocenters. The van der Waals surface area contributed by atoms with Crippen LogP contribution in [0.2, 0.25) is 0 Å². The average Bonchev–Trinajstić information content (AvgIpc) is 3.02. The molecule has 3 rings (SSSR count). The Labute approximate surface area is 130 Å². The van der Waals surface area contributed by atoms with Crippen LogP contribution in [0.4, 0.5) is 0 Å². The number of nitrogens with zero attached hydrogens (tertiary/aromatic N) is 4. The number of aliphatic hydroxyl groups is 1. The molecule has 0 radical (unpaired) electrons. The van der Waals surface area contributed by atoms with Crippen LogP contribution < -0.4 is 0 Å². The van der Waals surface area contributed by atoms with Crippen molar-refractivity contribution in [2.24, 2.45) is 0 Å². The molecule has 0 spiro atoms. The van der Waals surface area contributed by atoms with E-state index in [0.717, 1.165) is 48.9 Å². The first-order valence-corrected chi connectivity index (χ1v) is 7.99. The molecule has 2 aromatic heterocycles. The second-order valence-electron chi connectivity index (χ2n) is 5.60. The van der Waals surface area contributed by atoms with Crippen LogP contribution >= 0.6 is 0 Å². The van der Waals surface area contributed by atoms with Gasteiger partial charge in [0.05, 0.1) is 29.0 Å². The Morgan fingerprint density at radius 3 is 2.45 bits per heavy atom. The molecule has 0 aliphatic heterocycles. The summed E-state index contributed by atoms with van der Waals surface area (Å²) >= 11 is 0. The van der Waals surface area contributed by atoms with Gasteiger partial charge in [0.1, 0.15) is 0 Å². The zero-order chi connectivity index (χ0) is 15.7. The Hall–Kier alpha value is -1.85. The van der Waals surface area contributed by atoms with Gasteiger partial charge >= 0.3 is 0 Å². The number of benzene rings is 1. The zero-order valence-corrected chi connectivity index (χ0v) is 13.6. The molecule has 118 valence electrons. The van der Waals surface area contributed by atoms with Crippen molar-refractivity contribution in [2.75, 3.05) is 19.6 Å². The fraction of sp³-hybridized carbons (Fsp3) is 0.471. The van der Waals surface area contributed by atoms with Crippen molar-refractivity contribution in [1.29, 1.82) is 0 Å². The van der Waals surface area contributed by atoms with Crippen molar-refractivity contribution in [1.82, 2.24) is 18.9 Å². The fourth-order valence-electron chi connectivity index (χ4n) is 3.16. The van der Waals surface area contributed by atoms with Crippen molar-refractivity contribution >= 4 is 16.8 Å². The number of rotatable bonds is 6. The lowest BCUT2D eigenvalue weighted by molar-refractivity contribution is 0.275. The molecule has 5 heteroatoms. The Bertz CT molecular complexity index is 783. The molecular weight excluding hydrogens is 276 g/mol. The van der Waals surface area contributed by atoms with E-state index in [1.807, 2.05) is 13.0 Å². The number of aliphatic hydroxyl groups excluding tert-OH is 1. The third-order valence-electron chi connectivity index (χ3n) is 4.49. The van der Waals surface area contributed by atoms with Crippen LogP contribution in [0.25, 0.3) is 16.8 Å². The van der Waals surface area contributed by atoms with E-state index in [9.17, 15) is 5.11 Å². The van der Waals surface area contributed by atoms with Crippen LogP contribution in [-0.4, -0.2) is 43.6 Å². The van der Waals surface area contributed by atoms with E-state index in [2.05, 4.69) is 45.9 Å². The summed E-state index contributed by atoms with van der Waals surface area (Å²) in [6, 6.07) is 8.31. The maximum atomic E-state index is 9.69. The summed E-state index contributed by atoms with van der Waals surface area (Å²) in [7, 11) is 0. The second-order valence-corrected chi connectivity index (χ2v) is 5.60. The largest absolute Gasteiger partial charge is 0.390 e. The van der Waals surface area contributed by atoms with Crippen molar-refractivity contribution in [3.8, 4) is 0 Å². The predicted octanol–water partition coefficient (Wildman–Crippen LogP) is 2.43. The van der Waals surface area contributed by atoms with Crippen LogP contribution in [0.1, 0.15) is 25.2 Å². The highest BCUT2D eigenvalue weighted by molar-refractivity contribution is 5.81. The summed E-state index contributed by atoms with van der Waals surface area (Å²) in [5.74, 6) is 0.926. The van der Waals surface area contributed by atoms with Crippen LogP contribution in [0.5, 0.6) is 0 Å². The normalized spacial score (nSPS) is 12.0. The Morgan fingerprint density at radius 2 is 1.82 bits per heavy atom. The maximum absolute atomic E-state index is 9.69. The van der Waals surface area contributed by atoms with Crippen molar-refractivity contribution < 1.29 is 5.11 Å². The van der Waals surface area contributed by atoms with Gasteiger partial charge in [0.25, 0.3) is 0 Å². The average molecular weight is 300 g/mol. The zero-order valence-electron chi connectivity index (χ0n) is 13.6. The molecule has 3 aromatic rings. The minimum Gasteiger partial charge on any atom is -0.390 e. The van der Waals surface area contributed by atoms with Gasteiger partial charge in [0, 0.05) is 13.1 Å². The number of hydrogen-bond acceptors (Lipinski definition) is 3. The lowest BCUT2D eigenvalue weighted by Gasteiger charge is -2.18. The second kappa shape index (κ2) is 6.10. The van der Waals surface area contributed by atoms with Crippen molar-refractivity contribution in [2.45, 2.75) is 33.9 Å². The molecule has 2 heterocycles. The van der Waals surface area contributed by atoms with Gasteiger partial charge in [0.2, 0.25) is 5.78 Å². The maximum Gasteiger partial charge on any atom is 0.215 e. The van der Waals surface area contributed by atoms with Gasteiger partial charge in [-0.25, -0.2) is 4.98 Å². The highest BCUT2D eigenvalue weighted by atomic mass is 16.3. The molecule has 22 heavy (non-hydrogen) atoms. The molecule has 0 saturated heterocycles. The van der Waals surface area contributed by atoms with E-state index in [4.69, 9.17) is 4.98 Å². The molecule has 5 nitrogen and oxygen atoms in total. The van der Waals surface area contributed by atoms with Gasteiger partial charge in [-0.3, -0.25) is 4.40 Å². The molecule has 0 atom stereocenters. The third kappa shape index (κ3) is 2.30. The number of imidazole rings is 2. The molecule has 0 amide bonds. The third-order valence-corrected chi connectivity index (χ3v) is 4.49. The van der Waals surface area contributed by atoms with Crippen LogP contribution in [-0.2, 0) is 13.2 Å². The summed E-state index contributed by atoms with van der Waals surface area (Å²) < 4.78 is 4.35. The van der Waals surface area contributed by atoms with Crippen LogP contribution in [0.3, 0.4) is 0 Å². The number of para-hydroxylation sites is 2. The monoisotopic (exact) mass is 300 g/mol. The molecule has 0 saturated carbocycles. The number of likely N-dealkylation sites (N-methyl/N-ethyl adjacent to an activating group) is 1. The molecular formula is C17H24N4O. The minimum absolute atomic E-state index is 0.0110. The standard InChI is InChI=1S/C17H24N4O/c1-4-19(5-2)10-11-20-14-8-6-7-9-15(14)21-16(12-22)13(3)18-17(20)21/h6-9,22H,4-5,10-12H2,1-3H3. The van der Waals surface area contributed by atoms with E-state index >= 15 is 0 Å². The molecule has 1 aromatic carbocycles. The van der Waals surface area contributed by atoms with Gasteiger partial charge in [-0.2, -0.15) is 0 Å². The fourth-order valence-corrected chi connectivity index (χ4v) is 3.16. The number of fused-ring (bicyclic) bond motifs is 3. The van der Waals surface area contributed by atoms with E-state index < -0.39 is 0 Å². The van der Waals surface area contributed by atoms with E-state index in [1.54, 1.807) is 0 Å². The van der Waals surface area contributed by atoms with Crippen LogP contribution in [0, 0.1) is 6.92 Å². The van der Waals surface area contributed by atoms with E-state index in [0.29, 0.717) is 0 Å². The first-order chi connectivity index (χ1) is 10.7. The summed E-state index contributed by atoms with van der Waals surface area (Å²) in [5, 5.41) is 9.69. The molecule has 0 fully saturated rings. The number of aromatic nitrogens is 3. The molecule has 0 aliphatic carbocycles. The quantitative estimate of drug-likeness (QED) is 0.760. The Kier molecular flexibility index (Phi) is 4.18. The Morgan fingerprint density at radius 1 is 1.14 bits per heavy atom. The van der Waals surface area contributed by atoms with Gasteiger partial charge in [0.15, 0.2) is 0 Å². The van der Waals surface area contributed by atoms with Crippen LogP contribution in [0.15, 0.2) is 24.3 Å². The predicted molar refractivity (Wildman–Crippen MR) is 89.1 cm³/mol. The van der Waals surface area contributed by atoms with E-state index in [1.165, 1.54) is 5.52 Å².